The smallest absolute Gasteiger partial charge is 0.267 e. The predicted octanol–water partition coefficient (Wildman–Crippen LogP) is 3.04. The van der Waals surface area contributed by atoms with Crippen molar-refractivity contribution in [3.63, 3.8) is 0 Å². The van der Waals surface area contributed by atoms with Crippen molar-refractivity contribution in [2.45, 2.75) is 13.0 Å². The molecule has 1 atom stereocenters. The van der Waals surface area contributed by atoms with Crippen molar-refractivity contribution in [2.75, 3.05) is 16.8 Å². The molecule has 9 nitrogen and oxygen atoms in total. The van der Waals surface area contributed by atoms with E-state index >= 15 is 0 Å². The Morgan fingerprint density at radius 1 is 1.19 bits per heavy atom. The van der Waals surface area contributed by atoms with E-state index in [1.165, 1.54) is 10.9 Å². The molecule has 2 heterocycles. The zero-order chi connectivity index (χ0) is 22.1. The third kappa shape index (κ3) is 3.60. The van der Waals surface area contributed by atoms with Crippen LogP contribution in [0.3, 0.4) is 0 Å². The van der Waals surface area contributed by atoms with Crippen LogP contribution in [0.2, 0.25) is 5.02 Å². The number of benzene rings is 2. The maximum atomic E-state index is 13.5. The van der Waals surface area contributed by atoms with Crippen molar-refractivity contribution in [3.05, 3.63) is 75.6 Å². The van der Waals surface area contributed by atoms with Gasteiger partial charge in [-0.1, -0.05) is 23.7 Å². The fourth-order valence-corrected chi connectivity index (χ4v) is 3.55. The summed E-state index contributed by atoms with van der Waals surface area (Å²) < 4.78 is 1.44. The van der Waals surface area contributed by atoms with Gasteiger partial charge in [-0.3, -0.25) is 9.36 Å². The van der Waals surface area contributed by atoms with Gasteiger partial charge in [0.2, 0.25) is 0 Å². The quantitative estimate of drug-likeness (QED) is 0.416. The lowest BCUT2D eigenvalue weighted by molar-refractivity contribution is 0.730. The van der Waals surface area contributed by atoms with Crippen LogP contribution in [0, 0.1) is 11.3 Å². The van der Waals surface area contributed by atoms with E-state index in [0.29, 0.717) is 33.1 Å². The Kier molecular flexibility index (Phi) is 5.15. The van der Waals surface area contributed by atoms with E-state index in [1.54, 1.807) is 49.4 Å². The number of halogens is 1. The number of nitrogens with one attached hydrogen (secondary N) is 1. The van der Waals surface area contributed by atoms with Crippen LogP contribution in [0.4, 0.5) is 17.3 Å². The van der Waals surface area contributed by atoms with E-state index < -0.39 is 6.04 Å². The van der Waals surface area contributed by atoms with Crippen molar-refractivity contribution in [2.24, 2.45) is 0 Å². The largest absolute Gasteiger partial charge is 0.399 e. The SMILES string of the molecule is CC(Nc1ncnc(N)c1C#N)c1nc2cccc(Cl)c2c(=O)n1-c1cccc(N)c1. The third-order valence-corrected chi connectivity index (χ3v) is 5.04. The Hall–Kier alpha value is -4.16. The summed E-state index contributed by atoms with van der Waals surface area (Å²) in [5.74, 6) is 0.673. The van der Waals surface area contributed by atoms with Crippen LogP contribution in [-0.2, 0) is 0 Å². The van der Waals surface area contributed by atoms with Crippen LogP contribution in [0.5, 0.6) is 0 Å². The molecular weight excluding hydrogens is 416 g/mol. The first kappa shape index (κ1) is 20.1. The minimum atomic E-state index is -0.543. The molecule has 0 saturated carbocycles. The second-order valence-electron chi connectivity index (χ2n) is 6.80. The Morgan fingerprint density at radius 2 is 1.97 bits per heavy atom. The average molecular weight is 433 g/mol. The van der Waals surface area contributed by atoms with Gasteiger partial charge in [-0.2, -0.15) is 5.26 Å². The first-order chi connectivity index (χ1) is 14.9. The number of anilines is 3. The molecule has 0 bridgehead atoms. The van der Waals surface area contributed by atoms with Gasteiger partial charge in [0.05, 0.1) is 27.7 Å². The third-order valence-electron chi connectivity index (χ3n) is 4.73. The minimum Gasteiger partial charge on any atom is -0.399 e. The van der Waals surface area contributed by atoms with Gasteiger partial charge < -0.3 is 16.8 Å². The number of hydrogen-bond acceptors (Lipinski definition) is 8. The molecule has 5 N–H and O–H groups in total. The standard InChI is InChI=1S/C21H17ClN8O/c1-11(28-19-14(9-23)18(25)26-10-27-19)20-29-16-7-3-6-15(22)17(16)21(31)30(20)13-5-2-4-12(24)8-13/h2-8,10-11H,24H2,1H3,(H3,25,26,27,28). The Bertz CT molecular complexity index is 1410. The maximum absolute atomic E-state index is 13.5. The van der Waals surface area contributed by atoms with E-state index in [4.69, 9.17) is 28.1 Å². The molecule has 154 valence electrons. The van der Waals surface area contributed by atoms with Crippen LogP contribution in [0.1, 0.15) is 24.4 Å². The fraction of sp³-hybridized carbons (Fsp3) is 0.0952. The zero-order valence-electron chi connectivity index (χ0n) is 16.4. The monoisotopic (exact) mass is 432 g/mol. The molecule has 4 rings (SSSR count). The van der Waals surface area contributed by atoms with Crippen LogP contribution < -0.4 is 22.3 Å². The minimum absolute atomic E-state index is 0.0543. The molecule has 1 unspecified atom stereocenters. The summed E-state index contributed by atoms with van der Waals surface area (Å²) in [5.41, 5.74) is 13.0. The van der Waals surface area contributed by atoms with Gasteiger partial charge in [-0.05, 0) is 37.3 Å². The molecular formula is C21H17ClN8O. The number of hydrogen-bond donors (Lipinski definition) is 3. The van der Waals surface area contributed by atoms with E-state index in [-0.39, 0.29) is 22.8 Å². The van der Waals surface area contributed by atoms with Gasteiger partial charge in [-0.25, -0.2) is 15.0 Å². The van der Waals surface area contributed by atoms with Crippen LogP contribution in [0.25, 0.3) is 16.6 Å². The Balaban J connectivity index is 1.95. The van der Waals surface area contributed by atoms with E-state index in [9.17, 15) is 10.1 Å². The highest BCUT2D eigenvalue weighted by Crippen LogP contribution is 2.26. The molecule has 0 aliphatic carbocycles. The van der Waals surface area contributed by atoms with Gasteiger partial charge in [-0.15, -0.1) is 0 Å². The van der Waals surface area contributed by atoms with E-state index in [2.05, 4.69) is 15.3 Å². The van der Waals surface area contributed by atoms with Crippen molar-refractivity contribution >= 4 is 39.8 Å². The number of nitriles is 1. The second kappa shape index (κ2) is 7.93. The molecule has 0 saturated heterocycles. The predicted molar refractivity (Wildman–Crippen MR) is 120 cm³/mol. The Morgan fingerprint density at radius 3 is 2.71 bits per heavy atom. The highest BCUT2D eigenvalue weighted by atomic mass is 35.5. The average Bonchev–Trinajstić information content (AvgIpc) is 2.73. The van der Waals surface area contributed by atoms with Gasteiger partial charge in [0.25, 0.3) is 5.56 Å². The summed E-state index contributed by atoms with van der Waals surface area (Å²) in [6.45, 7) is 1.79. The zero-order valence-corrected chi connectivity index (χ0v) is 17.1. The molecule has 2 aromatic carbocycles. The number of aromatic nitrogens is 4. The van der Waals surface area contributed by atoms with Crippen LogP contribution >= 0.6 is 11.6 Å². The number of fused-ring (bicyclic) bond motifs is 1. The molecule has 10 heteroatoms. The summed E-state index contributed by atoms with van der Waals surface area (Å²) in [7, 11) is 0. The number of nitrogen functional groups attached to an aromatic ring is 2. The number of rotatable bonds is 4. The summed E-state index contributed by atoms with van der Waals surface area (Å²) in [6.07, 6.45) is 1.25. The maximum Gasteiger partial charge on any atom is 0.267 e. The molecule has 2 aromatic heterocycles. The summed E-state index contributed by atoms with van der Waals surface area (Å²) in [6, 6.07) is 13.4. The van der Waals surface area contributed by atoms with Crippen molar-refractivity contribution < 1.29 is 0 Å². The van der Waals surface area contributed by atoms with E-state index in [1.807, 2.05) is 6.07 Å². The molecule has 31 heavy (non-hydrogen) atoms. The number of nitrogens with zero attached hydrogens (tertiary/aromatic N) is 5. The van der Waals surface area contributed by atoms with Crippen molar-refractivity contribution in [1.82, 2.24) is 19.5 Å². The van der Waals surface area contributed by atoms with Crippen LogP contribution in [-0.4, -0.2) is 19.5 Å². The highest BCUT2D eigenvalue weighted by molar-refractivity contribution is 6.35. The Labute approximate surface area is 181 Å². The number of nitrogens with two attached hydrogens (primary N) is 2. The van der Waals surface area contributed by atoms with Gasteiger partial charge in [0, 0.05) is 5.69 Å². The molecule has 0 fully saturated rings. The summed E-state index contributed by atoms with van der Waals surface area (Å²) in [4.78, 5) is 26.1. The van der Waals surface area contributed by atoms with Gasteiger partial charge in [0.15, 0.2) is 0 Å². The molecule has 0 radical (unpaired) electrons. The highest BCUT2D eigenvalue weighted by Gasteiger charge is 2.21. The molecule has 0 aliphatic rings. The fourth-order valence-electron chi connectivity index (χ4n) is 3.30. The van der Waals surface area contributed by atoms with E-state index in [0.717, 1.165) is 0 Å². The molecule has 0 amide bonds. The van der Waals surface area contributed by atoms with Crippen molar-refractivity contribution in [3.8, 4) is 11.8 Å². The van der Waals surface area contributed by atoms with Gasteiger partial charge in [0.1, 0.15) is 35.4 Å². The molecule has 0 aliphatic heterocycles. The first-order valence-corrected chi connectivity index (χ1v) is 9.62. The molecule has 4 aromatic rings. The normalized spacial score (nSPS) is 11.8. The van der Waals surface area contributed by atoms with Gasteiger partial charge >= 0.3 is 0 Å². The van der Waals surface area contributed by atoms with Crippen molar-refractivity contribution in [1.29, 1.82) is 5.26 Å². The lowest BCUT2D eigenvalue weighted by atomic mass is 10.2. The summed E-state index contributed by atoms with van der Waals surface area (Å²) in [5, 5.41) is 13.1. The second-order valence-corrected chi connectivity index (χ2v) is 7.21. The molecule has 0 spiro atoms. The summed E-state index contributed by atoms with van der Waals surface area (Å²) >= 11 is 6.31. The lowest BCUT2D eigenvalue weighted by Crippen LogP contribution is -2.28. The lowest BCUT2D eigenvalue weighted by Gasteiger charge is -2.21. The first-order valence-electron chi connectivity index (χ1n) is 9.25. The topological polar surface area (TPSA) is 149 Å². The van der Waals surface area contributed by atoms with Crippen LogP contribution in [0.15, 0.2) is 53.6 Å².